The Hall–Kier alpha value is -4.40. The first-order valence-corrected chi connectivity index (χ1v) is 13.2. The Morgan fingerprint density at radius 3 is 2.15 bits per heavy atom. The molecule has 0 aliphatic carbocycles. The quantitative estimate of drug-likeness (QED) is 0.278. The maximum atomic E-state index is 12.9. The average Bonchev–Trinajstić information content (AvgIpc) is 3.31. The zero-order valence-electron chi connectivity index (χ0n) is 24.5. The molecule has 2 heterocycles. The Morgan fingerprint density at radius 1 is 0.950 bits per heavy atom. The number of hydrogen-bond donors (Lipinski definition) is 0. The third-order valence-corrected chi connectivity index (χ3v) is 5.12. The Bertz CT molecular complexity index is 1400. The van der Waals surface area contributed by atoms with Gasteiger partial charge in [-0.05, 0) is 85.2 Å². The molecule has 9 heteroatoms. The molecule has 0 aliphatic rings. The zero-order chi connectivity index (χ0) is 29.5. The number of aromatic nitrogens is 3. The Morgan fingerprint density at radius 2 is 1.57 bits per heavy atom. The summed E-state index contributed by atoms with van der Waals surface area (Å²) in [5, 5.41) is 4.65. The number of carbonyl (C=O) groups is 2. The standard InChI is InChI=1S/C31H38N4O5/c1-9-15-23(26-32-27(25-20-14-21-34(25)33-26)38-24-18-11-10-12-19-24)17-13-16-22(2)35(28(36)39-30(3,4)5)29(37)40-31(6,7)8/h10-21H,9H2,1-8H3/b17-13-,22-16+,23-15-. The fourth-order valence-corrected chi connectivity index (χ4v) is 3.50. The van der Waals surface area contributed by atoms with E-state index in [2.05, 4.69) is 5.10 Å². The molecule has 0 saturated carbocycles. The van der Waals surface area contributed by atoms with Gasteiger partial charge in [-0.25, -0.2) is 14.1 Å². The molecular weight excluding hydrogens is 508 g/mol. The van der Waals surface area contributed by atoms with Crippen LogP contribution in [0.1, 0.15) is 67.6 Å². The van der Waals surface area contributed by atoms with Crippen molar-refractivity contribution in [3.63, 3.8) is 0 Å². The summed E-state index contributed by atoms with van der Waals surface area (Å²) >= 11 is 0. The monoisotopic (exact) mass is 546 g/mol. The van der Waals surface area contributed by atoms with Crippen LogP contribution in [0.3, 0.4) is 0 Å². The maximum Gasteiger partial charge on any atom is 0.424 e. The van der Waals surface area contributed by atoms with Crippen molar-refractivity contribution < 1.29 is 23.8 Å². The van der Waals surface area contributed by atoms with Crippen molar-refractivity contribution in [1.82, 2.24) is 19.5 Å². The molecule has 0 spiro atoms. The number of hydrogen-bond acceptors (Lipinski definition) is 7. The molecule has 0 fully saturated rings. The van der Waals surface area contributed by atoms with E-state index < -0.39 is 23.4 Å². The van der Waals surface area contributed by atoms with Gasteiger partial charge in [0.25, 0.3) is 0 Å². The fourth-order valence-electron chi connectivity index (χ4n) is 3.50. The number of nitrogens with zero attached hydrogens (tertiary/aromatic N) is 4. The van der Waals surface area contributed by atoms with E-state index in [0.29, 0.717) is 23.2 Å². The van der Waals surface area contributed by atoms with Crippen molar-refractivity contribution in [3.05, 3.63) is 84.5 Å². The molecular formula is C31H38N4O5. The van der Waals surface area contributed by atoms with Gasteiger partial charge in [0.2, 0.25) is 5.88 Å². The number of carbonyl (C=O) groups excluding carboxylic acids is 2. The van der Waals surface area contributed by atoms with Crippen molar-refractivity contribution in [2.75, 3.05) is 0 Å². The predicted molar refractivity (Wildman–Crippen MR) is 155 cm³/mol. The molecule has 0 bridgehead atoms. The van der Waals surface area contributed by atoms with Gasteiger partial charge < -0.3 is 14.2 Å². The van der Waals surface area contributed by atoms with Crippen LogP contribution in [0.2, 0.25) is 0 Å². The van der Waals surface area contributed by atoms with Crippen molar-refractivity contribution in [1.29, 1.82) is 0 Å². The number of ether oxygens (including phenoxy) is 3. The minimum Gasteiger partial charge on any atom is -0.443 e. The van der Waals surface area contributed by atoms with Crippen LogP contribution in [-0.4, -0.2) is 42.9 Å². The second-order valence-corrected chi connectivity index (χ2v) is 11.0. The summed E-state index contributed by atoms with van der Waals surface area (Å²) in [6.07, 6.45) is 8.06. The molecule has 3 rings (SSSR count). The van der Waals surface area contributed by atoms with E-state index in [9.17, 15) is 9.59 Å². The molecule has 40 heavy (non-hydrogen) atoms. The van der Waals surface area contributed by atoms with E-state index in [0.717, 1.165) is 22.4 Å². The van der Waals surface area contributed by atoms with Crippen molar-refractivity contribution in [2.45, 2.75) is 73.0 Å². The van der Waals surface area contributed by atoms with E-state index in [1.54, 1.807) is 65.1 Å². The van der Waals surface area contributed by atoms with E-state index >= 15 is 0 Å². The molecule has 0 N–H and O–H groups in total. The number of fused-ring (bicyclic) bond motifs is 1. The van der Waals surface area contributed by atoms with Gasteiger partial charge in [-0.15, -0.1) is 5.10 Å². The Kier molecular flexibility index (Phi) is 9.52. The van der Waals surface area contributed by atoms with Crippen LogP contribution >= 0.6 is 0 Å². The fraction of sp³-hybridized carbons (Fsp3) is 0.355. The van der Waals surface area contributed by atoms with Crippen LogP contribution in [0, 0.1) is 0 Å². The summed E-state index contributed by atoms with van der Waals surface area (Å²) in [5.74, 6) is 1.54. The van der Waals surface area contributed by atoms with Crippen LogP contribution in [0.25, 0.3) is 11.1 Å². The van der Waals surface area contributed by atoms with E-state index in [-0.39, 0.29) is 0 Å². The third-order valence-electron chi connectivity index (χ3n) is 5.12. The minimum absolute atomic E-state index is 0.325. The summed E-state index contributed by atoms with van der Waals surface area (Å²) in [6, 6.07) is 13.2. The lowest BCUT2D eigenvalue weighted by atomic mass is 10.2. The molecule has 0 saturated heterocycles. The van der Waals surface area contributed by atoms with Gasteiger partial charge in [-0.3, -0.25) is 0 Å². The molecule has 2 aromatic heterocycles. The highest BCUT2D eigenvalue weighted by atomic mass is 16.6. The van der Waals surface area contributed by atoms with Crippen LogP contribution in [0.15, 0.2) is 78.7 Å². The first kappa shape index (κ1) is 30.1. The maximum absolute atomic E-state index is 12.9. The van der Waals surface area contributed by atoms with Gasteiger partial charge in [0.1, 0.15) is 22.5 Å². The number of amides is 2. The SMILES string of the molecule is CC/C=C(/C=C\C=C(/C)N(C(=O)OC(C)(C)C)C(=O)OC(C)(C)C)c1nc(Oc2ccccc2)c2cccn2n1. The van der Waals surface area contributed by atoms with Gasteiger partial charge in [0.15, 0.2) is 5.82 Å². The molecule has 9 nitrogen and oxygen atoms in total. The molecule has 0 atom stereocenters. The largest absolute Gasteiger partial charge is 0.443 e. The smallest absolute Gasteiger partial charge is 0.424 e. The highest BCUT2D eigenvalue weighted by molar-refractivity contribution is 5.90. The van der Waals surface area contributed by atoms with E-state index in [4.69, 9.17) is 19.2 Å². The molecule has 3 aromatic rings. The van der Waals surface area contributed by atoms with Crippen molar-refractivity contribution >= 4 is 23.3 Å². The van der Waals surface area contributed by atoms with Crippen LogP contribution < -0.4 is 4.74 Å². The zero-order valence-corrected chi connectivity index (χ0v) is 24.5. The summed E-state index contributed by atoms with van der Waals surface area (Å²) < 4.78 is 18.7. The summed E-state index contributed by atoms with van der Waals surface area (Å²) in [5.41, 5.74) is 0.205. The normalized spacial score (nSPS) is 13.0. The number of imide groups is 1. The highest BCUT2D eigenvalue weighted by Gasteiger charge is 2.32. The Labute approximate surface area is 235 Å². The number of rotatable bonds is 7. The number of allylic oxidation sites excluding steroid dienone is 6. The summed E-state index contributed by atoms with van der Waals surface area (Å²) in [6.45, 7) is 14.0. The molecule has 0 aliphatic heterocycles. The van der Waals surface area contributed by atoms with E-state index in [1.807, 2.05) is 67.7 Å². The summed E-state index contributed by atoms with van der Waals surface area (Å²) in [7, 11) is 0. The van der Waals surface area contributed by atoms with E-state index in [1.165, 1.54) is 0 Å². The molecule has 1 aromatic carbocycles. The van der Waals surface area contributed by atoms with Crippen LogP contribution in [0.4, 0.5) is 9.59 Å². The van der Waals surface area contributed by atoms with Crippen LogP contribution in [-0.2, 0) is 9.47 Å². The average molecular weight is 547 g/mol. The van der Waals surface area contributed by atoms with Crippen LogP contribution in [0.5, 0.6) is 11.6 Å². The third kappa shape index (κ3) is 8.56. The molecule has 0 radical (unpaired) electrons. The topological polar surface area (TPSA) is 95.3 Å². The number of para-hydroxylation sites is 1. The molecule has 2 amide bonds. The lowest BCUT2D eigenvalue weighted by molar-refractivity contribution is 0.00836. The highest BCUT2D eigenvalue weighted by Crippen LogP contribution is 2.26. The van der Waals surface area contributed by atoms with Gasteiger partial charge in [0.05, 0.1) is 0 Å². The first-order chi connectivity index (χ1) is 18.8. The number of benzene rings is 1. The van der Waals surface area contributed by atoms with Crippen molar-refractivity contribution in [2.24, 2.45) is 0 Å². The van der Waals surface area contributed by atoms with Gasteiger partial charge in [0, 0.05) is 17.5 Å². The molecule has 212 valence electrons. The minimum atomic E-state index is -0.822. The van der Waals surface area contributed by atoms with Gasteiger partial charge in [-0.2, -0.15) is 9.88 Å². The lowest BCUT2D eigenvalue weighted by Gasteiger charge is -2.28. The lowest BCUT2D eigenvalue weighted by Crippen LogP contribution is -2.42. The first-order valence-electron chi connectivity index (χ1n) is 13.2. The predicted octanol–water partition coefficient (Wildman–Crippen LogP) is 7.95. The van der Waals surface area contributed by atoms with Gasteiger partial charge in [-0.1, -0.05) is 43.4 Å². The Balaban J connectivity index is 1.94. The molecule has 0 unspecified atom stereocenters. The summed E-state index contributed by atoms with van der Waals surface area (Å²) in [4.78, 5) is 31.4. The van der Waals surface area contributed by atoms with Gasteiger partial charge >= 0.3 is 12.2 Å². The van der Waals surface area contributed by atoms with Crippen molar-refractivity contribution in [3.8, 4) is 11.6 Å². The second kappa shape index (κ2) is 12.6. The second-order valence-electron chi connectivity index (χ2n) is 11.0.